The first-order chi connectivity index (χ1) is 15.1. The van der Waals surface area contributed by atoms with Gasteiger partial charge in [-0.3, -0.25) is 9.78 Å². The average Bonchev–Trinajstić information content (AvgIpc) is 2.81. The quantitative estimate of drug-likeness (QED) is 0.559. The van der Waals surface area contributed by atoms with Crippen LogP contribution in [0.5, 0.6) is 0 Å². The minimum Gasteiger partial charge on any atom is -0.465 e. The Bertz CT molecular complexity index is 1060. The van der Waals surface area contributed by atoms with Crippen LogP contribution in [0.1, 0.15) is 36.0 Å². The molecular weight excluding hydrogens is 392 g/mol. The summed E-state index contributed by atoms with van der Waals surface area (Å²) in [5, 5.41) is 15.2. The summed E-state index contributed by atoms with van der Waals surface area (Å²) >= 11 is 0. The molecule has 2 amide bonds. The van der Waals surface area contributed by atoms with Crippen LogP contribution in [0.4, 0.5) is 4.79 Å². The largest absolute Gasteiger partial charge is 0.465 e. The third-order valence-electron chi connectivity index (χ3n) is 5.98. The molecule has 7 heteroatoms. The van der Waals surface area contributed by atoms with Crippen LogP contribution in [0.3, 0.4) is 0 Å². The zero-order valence-electron chi connectivity index (χ0n) is 17.3. The lowest BCUT2D eigenvalue weighted by Crippen LogP contribution is -2.34. The molecular formula is C24H26N4O3. The van der Waals surface area contributed by atoms with Gasteiger partial charge in [0.05, 0.1) is 16.8 Å². The molecule has 1 aliphatic carbocycles. The molecule has 1 fully saturated rings. The molecule has 0 atom stereocenters. The lowest BCUT2D eigenvalue weighted by atomic mass is 9.82. The van der Waals surface area contributed by atoms with Crippen molar-refractivity contribution in [2.45, 2.75) is 25.7 Å². The standard InChI is InChI=1S/C24H26N4O3/c29-23(26-13-16-7-9-17(10-8-16)14-27-24(30)31)20-12-22(18-4-3-11-25-15-18)28-21-6-2-1-5-19(20)21/h1-6,11-12,15-17,27H,7-10,13-14H2,(H,26,29)(H,30,31). The number of carbonyl (C=O) groups is 2. The van der Waals surface area contributed by atoms with Gasteiger partial charge in [-0.1, -0.05) is 18.2 Å². The predicted octanol–water partition coefficient (Wildman–Crippen LogP) is 4.10. The second-order valence-corrected chi connectivity index (χ2v) is 8.10. The third kappa shape index (κ3) is 5.17. The maximum atomic E-state index is 13.1. The van der Waals surface area contributed by atoms with Crippen molar-refractivity contribution in [2.24, 2.45) is 11.8 Å². The summed E-state index contributed by atoms with van der Waals surface area (Å²) in [6.07, 6.45) is 6.42. The number of nitrogens with zero attached hydrogens (tertiary/aromatic N) is 2. The second-order valence-electron chi connectivity index (χ2n) is 8.10. The van der Waals surface area contributed by atoms with Crippen molar-refractivity contribution in [3.63, 3.8) is 0 Å². The molecule has 0 radical (unpaired) electrons. The van der Waals surface area contributed by atoms with Gasteiger partial charge in [0.15, 0.2) is 0 Å². The second kappa shape index (κ2) is 9.55. The van der Waals surface area contributed by atoms with Gasteiger partial charge in [-0.25, -0.2) is 9.78 Å². The molecule has 0 bridgehead atoms. The van der Waals surface area contributed by atoms with Crippen LogP contribution in [0.15, 0.2) is 54.9 Å². The highest BCUT2D eigenvalue weighted by molar-refractivity contribution is 6.07. The first-order valence-electron chi connectivity index (χ1n) is 10.7. The molecule has 2 aromatic heterocycles. The minimum atomic E-state index is -0.968. The van der Waals surface area contributed by atoms with Crippen LogP contribution in [-0.2, 0) is 0 Å². The van der Waals surface area contributed by atoms with Gasteiger partial charge in [0.1, 0.15) is 0 Å². The van der Waals surface area contributed by atoms with Crippen molar-refractivity contribution in [1.29, 1.82) is 0 Å². The summed E-state index contributed by atoms with van der Waals surface area (Å²) in [5.74, 6) is 0.698. The van der Waals surface area contributed by atoms with E-state index in [-0.39, 0.29) is 5.91 Å². The van der Waals surface area contributed by atoms with Crippen LogP contribution in [0, 0.1) is 11.8 Å². The fourth-order valence-electron chi connectivity index (χ4n) is 4.23. The van der Waals surface area contributed by atoms with Crippen LogP contribution < -0.4 is 10.6 Å². The number of fused-ring (bicyclic) bond motifs is 1. The van der Waals surface area contributed by atoms with E-state index in [1.807, 2.05) is 42.5 Å². The van der Waals surface area contributed by atoms with E-state index in [9.17, 15) is 9.59 Å². The van der Waals surface area contributed by atoms with E-state index in [0.717, 1.165) is 47.8 Å². The van der Waals surface area contributed by atoms with E-state index < -0.39 is 6.09 Å². The molecule has 0 aliphatic heterocycles. The van der Waals surface area contributed by atoms with Gasteiger partial charge >= 0.3 is 6.09 Å². The number of amides is 2. The van der Waals surface area contributed by atoms with Gasteiger partial charge in [-0.2, -0.15) is 0 Å². The van der Waals surface area contributed by atoms with Crippen LogP contribution >= 0.6 is 0 Å². The molecule has 160 valence electrons. The Hall–Kier alpha value is -3.48. The molecule has 0 spiro atoms. The van der Waals surface area contributed by atoms with Crippen LogP contribution in [0.25, 0.3) is 22.2 Å². The van der Waals surface area contributed by atoms with Gasteiger partial charge in [-0.15, -0.1) is 0 Å². The Kier molecular flexibility index (Phi) is 6.40. The van der Waals surface area contributed by atoms with Crippen molar-refractivity contribution in [3.8, 4) is 11.3 Å². The summed E-state index contributed by atoms with van der Waals surface area (Å²) in [5.41, 5.74) is 2.99. The normalized spacial score (nSPS) is 18.5. The predicted molar refractivity (Wildman–Crippen MR) is 119 cm³/mol. The third-order valence-corrected chi connectivity index (χ3v) is 5.98. The smallest absolute Gasteiger partial charge is 0.404 e. The van der Waals surface area contributed by atoms with E-state index in [1.54, 1.807) is 12.4 Å². The molecule has 0 unspecified atom stereocenters. The lowest BCUT2D eigenvalue weighted by molar-refractivity contribution is 0.0942. The van der Waals surface area contributed by atoms with Gasteiger partial charge in [-0.05, 0) is 61.8 Å². The average molecular weight is 418 g/mol. The Morgan fingerprint density at radius 2 is 1.68 bits per heavy atom. The number of pyridine rings is 2. The number of hydrogen-bond donors (Lipinski definition) is 3. The number of hydrogen-bond acceptors (Lipinski definition) is 4. The fourth-order valence-corrected chi connectivity index (χ4v) is 4.23. The van der Waals surface area contributed by atoms with E-state index in [0.29, 0.717) is 30.5 Å². The highest BCUT2D eigenvalue weighted by atomic mass is 16.4. The molecule has 3 N–H and O–H groups in total. The number of para-hydroxylation sites is 1. The summed E-state index contributed by atoms with van der Waals surface area (Å²) in [6, 6.07) is 13.3. The maximum absolute atomic E-state index is 13.1. The van der Waals surface area contributed by atoms with Crippen LogP contribution in [0.2, 0.25) is 0 Å². The lowest BCUT2D eigenvalue weighted by Gasteiger charge is -2.28. The Morgan fingerprint density at radius 1 is 0.968 bits per heavy atom. The molecule has 0 saturated heterocycles. The Balaban J connectivity index is 1.44. The minimum absolute atomic E-state index is 0.0987. The number of aromatic nitrogens is 2. The molecule has 3 aromatic rings. The molecule has 1 aromatic carbocycles. The van der Waals surface area contributed by atoms with Crippen molar-refractivity contribution in [3.05, 3.63) is 60.4 Å². The van der Waals surface area contributed by atoms with Gasteiger partial charge in [0.25, 0.3) is 5.91 Å². The Morgan fingerprint density at radius 3 is 2.35 bits per heavy atom. The fraction of sp³-hybridized carbons (Fsp3) is 0.333. The molecule has 7 nitrogen and oxygen atoms in total. The Labute approximate surface area is 180 Å². The first-order valence-corrected chi connectivity index (χ1v) is 10.7. The molecule has 31 heavy (non-hydrogen) atoms. The highest BCUT2D eigenvalue weighted by Gasteiger charge is 2.22. The van der Waals surface area contributed by atoms with Gasteiger partial charge in [0.2, 0.25) is 0 Å². The summed E-state index contributed by atoms with van der Waals surface area (Å²) in [7, 11) is 0. The van der Waals surface area contributed by atoms with E-state index in [2.05, 4.69) is 15.6 Å². The van der Waals surface area contributed by atoms with E-state index >= 15 is 0 Å². The molecule has 4 rings (SSSR count). The first kappa shape index (κ1) is 20.8. The van der Waals surface area contributed by atoms with Crippen molar-refractivity contribution >= 4 is 22.9 Å². The SMILES string of the molecule is O=C(O)NCC1CCC(CNC(=O)c2cc(-c3cccnc3)nc3ccccc23)CC1. The number of carboxylic acid groups (broad SMARTS) is 1. The zero-order chi connectivity index (χ0) is 21.6. The number of benzene rings is 1. The highest BCUT2D eigenvalue weighted by Crippen LogP contribution is 2.28. The van der Waals surface area contributed by atoms with E-state index in [1.165, 1.54) is 0 Å². The van der Waals surface area contributed by atoms with Crippen molar-refractivity contribution < 1.29 is 14.7 Å². The topological polar surface area (TPSA) is 104 Å². The molecule has 1 saturated carbocycles. The number of carbonyl (C=O) groups excluding carboxylic acids is 1. The van der Waals surface area contributed by atoms with Gasteiger partial charge < -0.3 is 15.7 Å². The van der Waals surface area contributed by atoms with E-state index in [4.69, 9.17) is 10.1 Å². The van der Waals surface area contributed by atoms with Crippen molar-refractivity contribution in [1.82, 2.24) is 20.6 Å². The zero-order valence-corrected chi connectivity index (χ0v) is 17.3. The summed E-state index contributed by atoms with van der Waals surface area (Å²) < 4.78 is 0. The van der Waals surface area contributed by atoms with Crippen LogP contribution in [-0.4, -0.2) is 40.2 Å². The maximum Gasteiger partial charge on any atom is 0.404 e. The van der Waals surface area contributed by atoms with Gasteiger partial charge in [0, 0.05) is 36.4 Å². The van der Waals surface area contributed by atoms with Crippen molar-refractivity contribution in [2.75, 3.05) is 13.1 Å². The number of nitrogens with one attached hydrogen (secondary N) is 2. The monoisotopic (exact) mass is 418 g/mol. The molecule has 1 aliphatic rings. The molecule has 2 heterocycles. The number of rotatable bonds is 6. The summed E-state index contributed by atoms with van der Waals surface area (Å²) in [4.78, 5) is 32.6. The summed E-state index contributed by atoms with van der Waals surface area (Å²) in [6.45, 7) is 1.13.